The Bertz CT molecular complexity index is 691. The van der Waals surface area contributed by atoms with Crippen molar-refractivity contribution in [2.75, 3.05) is 23.3 Å². The summed E-state index contributed by atoms with van der Waals surface area (Å²) in [6.45, 7) is 4.46. The van der Waals surface area contributed by atoms with Crippen LogP contribution in [0.5, 0.6) is 0 Å². The molecule has 3 nitrogen and oxygen atoms in total. The molecule has 3 rings (SSSR count). The van der Waals surface area contributed by atoms with E-state index in [0.717, 1.165) is 24.7 Å². The van der Waals surface area contributed by atoms with Crippen LogP contribution in [0.2, 0.25) is 0 Å². The van der Waals surface area contributed by atoms with E-state index in [4.69, 9.17) is 0 Å². The van der Waals surface area contributed by atoms with Crippen molar-refractivity contribution in [3.05, 3.63) is 59.9 Å². The summed E-state index contributed by atoms with van der Waals surface area (Å²) in [5.74, 6) is 0.250. The fraction of sp³-hybridized carbons (Fsp3) is 0.350. The molecule has 24 heavy (non-hydrogen) atoms. The number of carbonyl (C=O) groups is 1. The van der Waals surface area contributed by atoms with E-state index in [9.17, 15) is 9.18 Å². The highest BCUT2D eigenvalue weighted by Crippen LogP contribution is 2.24. The fourth-order valence-electron chi connectivity index (χ4n) is 3.04. The average Bonchev–Trinajstić information content (AvgIpc) is 2.58. The van der Waals surface area contributed by atoms with Crippen LogP contribution in [0.3, 0.4) is 0 Å². The smallest absolute Gasteiger partial charge is 0.228 e. The molecular weight excluding hydrogens is 303 g/mol. The second kappa shape index (κ2) is 7.47. The minimum atomic E-state index is -0.345. The summed E-state index contributed by atoms with van der Waals surface area (Å²) in [6, 6.07) is 14.3. The van der Waals surface area contributed by atoms with E-state index in [1.54, 1.807) is 18.2 Å². The van der Waals surface area contributed by atoms with Crippen molar-refractivity contribution in [3.63, 3.8) is 0 Å². The van der Waals surface area contributed by atoms with Crippen LogP contribution in [-0.4, -0.2) is 19.0 Å². The molecule has 4 heteroatoms. The van der Waals surface area contributed by atoms with Crippen LogP contribution in [0, 0.1) is 11.7 Å². The van der Waals surface area contributed by atoms with Crippen LogP contribution in [0.25, 0.3) is 0 Å². The third-order valence-corrected chi connectivity index (χ3v) is 4.61. The Hall–Kier alpha value is -2.36. The predicted octanol–water partition coefficient (Wildman–Crippen LogP) is 4.24. The first-order chi connectivity index (χ1) is 11.6. The molecule has 1 saturated heterocycles. The van der Waals surface area contributed by atoms with E-state index in [0.29, 0.717) is 5.56 Å². The monoisotopic (exact) mass is 326 g/mol. The first-order valence-electron chi connectivity index (χ1n) is 8.50. The third-order valence-electron chi connectivity index (χ3n) is 4.61. The SMILES string of the molecule is CC1CCN(c2ccc(NC(=O)Cc3ccccc3F)cc2)CC1. The summed E-state index contributed by atoms with van der Waals surface area (Å²) in [5.41, 5.74) is 2.34. The van der Waals surface area contributed by atoms with Gasteiger partial charge in [-0.1, -0.05) is 25.1 Å². The van der Waals surface area contributed by atoms with E-state index in [1.807, 2.05) is 24.3 Å². The Labute approximate surface area is 142 Å². The molecule has 0 spiro atoms. The molecule has 126 valence electrons. The number of benzene rings is 2. The molecule has 0 bridgehead atoms. The molecule has 1 amide bonds. The van der Waals surface area contributed by atoms with Crippen LogP contribution in [-0.2, 0) is 11.2 Å². The van der Waals surface area contributed by atoms with E-state index < -0.39 is 0 Å². The van der Waals surface area contributed by atoms with Crippen molar-refractivity contribution < 1.29 is 9.18 Å². The molecule has 0 atom stereocenters. The molecule has 2 aromatic carbocycles. The van der Waals surface area contributed by atoms with Crippen molar-refractivity contribution in [1.29, 1.82) is 0 Å². The van der Waals surface area contributed by atoms with Gasteiger partial charge in [-0.05, 0) is 54.7 Å². The molecule has 1 fully saturated rings. The van der Waals surface area contributed by atoms with Crippen molar-refractivity contribution in [2.24, 2.45) is 5.92 Å². The molecule has 0 aliphatic carbocycles. The van der Waals surface area contributed by atoms with E-state index in [2.05, 4.69) is 17.1 Å². The van der Waals surface area contributed by atoms with Gasteiger partial charge < -0.3 is 10.2 Å². The summed E-state index contributed by atoms with van der Waals surface area (Å²) in [7, 11) is 0. The zero-order valence-electron chi connectivity index (χ0n) is 14.0. The summed E-state index contributed by atoms with van der Waals surface area (Å²) in [5, 5.41) is 2.83. The van der Waals surface area contributed by atoms with Gasteiger partial charge >= 0.3 is 0 Å². The topological polar surface area (TPSA) is 32.3 Å². The first kappa shape index (κ1) is 16.5. The Balaban J connectivity index is 1.58. The van der Waals surface area contributed by atoms with Gasteiger partial charge in [0.2, 0.25) is 5.91 Å². The molecule has 0 aromatic heterocycles. The van der Waals surface area contributed by atoms with Crippen molar-refractivity contribution in [2.45, 2.75) is 26.2 Å². The predicted molar refractivity (Wildman–Crippen MR) is 95.8 cm³/mol. The number of amides is 1. The lowest BCUT2D eigenvalue weighted by molar-refractivity contribution is -0.115. The molecule has 1 heterocycles. The first-order valence-corrected chi connectivity index (χ1v) is 8.50. The number of nitrogens with zero attached hydrogens (tertiary/aromatic N) is 1. The summed E-state index contributed by atoms with van der Waals surface area (Å²) in [4.78, 5) is 14.4. The third kappa shape index (κ3) is 4.13. The lowest BCUT2D eigenvalue weighted by Gasteiger charge is -2.32. The highest BCUT2D eigenvalue weighted by Gasteiger charge is 2.16. The summed E-state index contributed by atoms with van der Waals surface area (Å²) < 4.78 is 13.6. The number of halogens is 1. The number of anilines is 2. The number of hydrogen-bond donors (Lipinski definition) is 1. The molecule has 0 unspecified atom stereocenters. The van der Waals surface area contributed by atoms with Crippen molar-refractivity contribution in [3.8, 4) is 0 Å². The van der Waals surface area contributed by atoms with Gasteiger partial charge in [0.25, 0.3) is 0 Å². The highest BCUT2D eigenvalue weighted by molar-refractivity contribution is 5.92. The van der Waals surface area contributed by atoms with Gasteiger partial charge in [-0.15, -0.1) is 0 Å². The number of hydrogen-bond acceptors (Lipinski definition) is 2. The summed E-state index contributed by atoms with van der Waals surface area (Å²) >= 11 is 0. The van der Waals surface area contributed by atoms with Crippen LogP contribution >= 0.6 is 0 Å². The Morgan fingerprint density at radius 2 is 1.79 bits per heavy atom. The molecule has 0 radical (unpaired) electrons. The van der Waals surface area contributed by atoms with Gasteiger partial charge in [0.05, 0.1) is 6.42 Å². The second-order valence-electron chi connectivity index (χ2n) is 6.53. The number of rotatable bonds is 4. The molecule has 1 aliphatic heterocycles. The maximum Gasteiger partial charge on any atom is 0.228 e. The van der Waals surface area contributed by atoms with Gasteiger partial charge in [-0.2, -0.15) is 0 Å². The Kier molecular flexibility index (Phi) is 5.14. The average molecular weight is 326 g/mol. The molecule has 2 aromatic rings. The second-order valence-corrected chi connectivity index (χ2v) is 6.53. The van der Waals surface area contributed by atoms with E-state index in [1.165, 1.54) is 24.6 Å². The normalized spacial score (nSPS) is 15.3. The van der Waals surface area contributed by atoms with Crippen LogP contribution in [0.1, 0.15) is 25.3 Å². The van der Waals surface area contributed by atoms with E-state index in [-0.39, 0.29) is 18.1 Å². The molecule has 0 saturated carbocycles. The Morgan fingerprint density at radius 3 is 2.46 bits per heavy atom. The van der Waals surface area contributed by atoms with Crippen molar-refractivity contribution >= 4 is 17.3 Å². The lowest BCUT2D eigenvalue weighted by atomic mass is 9.99. The quantitative estimate of drug-likeness (QED) is 0.911. The molecule has 1 aliphatic rings. The van der Waals surface area contributed by atoms with Crippen LogP contribution in [0.4, 0.5) is 15.8 Å². The standard InChI is InChI=1S/C20H23FN2O/c1-15-10-12-23(13-11-15)18-8-6-17(7-9-18)22-20(24)14-16-4-2-3-5-19(16)21/h2-9,15H,10-14H2,1H3,(H,22,24). The van der Waals surface area contributed by atoms with Gasteiger partial charge in [0, 0.05) is 24.5 Å². The highest BCUT2D eigenvalue weighted by atomic mass is 19.1. The van der Waals surface area contributed by atoms with Gasteiger partial charge in [-0.3, -0.25) is 4.79 Å². The number of piperidine rings is 1. The zero-order chi connectivity index (χ0) is 16.9. The lowest BCUT2D eigenvalue weighted by Crippen LogP contribution is -2.32. The Morgan fingerprint density at radius 1 is 1.12 bits per heavy atom. The number of nitrogens with one attached hydrogen (secondary N) is 1. The van der Waals surface area contributed by atoms with Gasteiger partial charge in [0.15, 0.2) is 0 Å². The number of carbonyl (C=O) groups excluding carboxylic acids is 1. The maximum atomic E-state index is 13.6. The van der Waals surface area contributed by atoms with Crippen LogP contribution in [0.15, 0.2) is 48.5 Å². The van der Waals surface area contributed by atoms with Gasteiger partial charge in [0.1, 0.15) is 5.82 Å². The maximum absolute atomic E-state index is 13.6. The van der Waals surface area contributed by atoms with Gasteiger partial charge in [-0.25, -0.2) is 4.39 Å². The molecule has 1 N–H and O–H groups in total. The fourth-order valence-corrected chi connectivity index (χ4v) is 3.04. The molecular formula is C20H23FN2O. The largest absolute Gasteiger partial charge is 0.372 e. The minimum Gasteiger partial charge on any atom is -0.372 e. The minimum absolute atomic E-state index is 0.0401. The van der Waals surface area contributed by atoms with Crippen LogP contribution < -0.4 is 10.2 Å². The van der Waals surface area contributed by atoms with Crippen molar-refractivity contribution in [1.82, 2.24) is 0 Å². The zero-order valence-corrected chi connectivity index (χ0v) is 14.0. The summed E-state index contributed by atoms with van der Waals surface area (Å²) in [6.07, 6.45) is 2.49. The van der Waals surface area contributed by atoms with E-state index >= 15 is 0 Å².